The zero-order valence-electron chi connectivity index (χ0n) is 16.0. The lowest BCUT2D eigenvalue weighted by atomic mass is 9.97. The van der Waals surface area contributed by atoms with Crippen LogP contribution in [0.2, 0.25) is 0 Å². The van der Waals surface area contributed by atoms with Gasteiger partial charge < -0.3 is 9.80 Å². The number of carbonyl (C=O) groups is 1. The molecule has 1 amide bonds. The fraction of sp³-hybridized carbons (Fsp3) is 0.391. The van der Waals surface area contributed by atoms with Gasteiger partial charge in [-0.05, 0) is 49.4 Å². The third kappa shape index (κ3) is 3.39. The highest BCUT2D eigenvalue weighted by Gasteiger charge is 2.27. The van der Waals surface area contributed by atoms with E-state index in [9.17, 15) is 4.79 Å². The largest absolute Gasteiger partial charge is 0.362 e. The van der Waals surface area contributed by atoms with Gasteiger partial charge in [0.1, 0.15) is 0 Å². The second kappa shape index (κ2) is 7.55. The minimum absolute atomic E-state index is 0.263. The number of thiazole rings is 1. The minimum atomic E-state index is 0.263. The molecule has 3 aromatic rings. The summed E-state index contributed by atoms with van der Waals surface area (Å²) in [6.45, 7) is 3.16. The Kier molecular flexibility index (Phi) is 4.77. The monoisotopic (exact) mass is 391 g/mol. The molecule has 0 aliphatic carbocycles. The van der Waals surface area contributed by atoms with Crippen LogP contribution in [-0.4, -0.2) is 42.0 Å². The van der Waals surface area contributed by atoms with Crippen molar-refractivity contribution in [3.05, 3.63) is 59.1 Å². The molecule has 1 aromatic heterocycles. The Balaban J connectivity index is 1.22. The van der Waals surface area contributed by atoms with Crippen LogP contribution in [0.4, 0.5) is 5.69 Å². The van der Waals surface area contributed by atoms with E-state index in [1.54, 1.807) is 0 Å². The molecule has 2 aromatic carbocycles. The number of benzene rings is 2. The molecule has 2 aliphatic heterocycles. The van der Waals surface area contributed by atoms with Crippen molar-refractivity contribution in [1.82, 2.24) is 9.88 Å². The van der Waals surface area contributed by atoms with Gasteiger partial charge in [-0.2, -0.15) is 0 Å². The molecule has 0 spiro atoms. The zero-order chi connectivity index (χ0) is 18.9. The standard InChI is InChI=1S/C23H25N3OS/c27-22(16-26-13-5-7-17-6-1-3-9-20(17)26)25-14-11-18(12-15-25)23-24-19-8-2-4-10-21(19)28-23/h1-4,6,8-10,18H,5,7,11-16H2. The molecule has 5 rings (SSSR count). The smallest absolute Gasteiger partial charge is 0.242 e. The zero-order valence-corrected chi connectivity index (χ0v) is 16.8. The van der Waals surface area contributed by atoms with Crippen LogP contribution < -0.4 is 4.90 Å². The van der Waals surface area contributed by atoms with E-state index < -0.39 is 0 Å². The number of carbonyl (C=O) groups excluding carboxylic acids is 1. The Labute approximate surface area is 169 Å². The highest BCUT2D eigenvalue weighted by molar-refractivity contribution is 7.18. The highest BCUT2D eigenvalue weighted by atomic mass is 32.1. The molecule has 28 heavy (non-hydrogen) atoms. The number of aromatic nitrogens is 1. The molecule has 0 saturated carbocycles. The molecule has 3 heterocycles. The second-order valence-corrected chi connectivity index (χ2v) is 8.89. The van der Waals surface area contributed by atoms with Crippen LogP contribution in [-0.2, 0) is 11.2 Å². The second-order valence-electron chi connectivity index (χ2n) is 7.83. The van der Waals surface area contributed by atoms with Crippen molar-refractivity contribution in [3.8, 4) is 0 Å². The number of hydrogen-bond acceptors (Lipinski definition) is 4. The van der Waals surface area contributed by atoms with Gasteiger partial charge in [-0.1, -0.05) is 30.3 Å². The van der Waals surface area contributed by atoms with Crippen molar-refractivity contribution in [2.75, 3.05) is 31.1 Å². The van der Waals surface area contributed by atoms with Crippen molar-refractivity contribution in [2.24, 2.45) is 0 Å². The third-order valence-corrected chi connectivity index (χ3v) is 7.24. The van der Waals surface area contributed by atoms with Crippen molar-refractivity contribution in [2.45, 2.75) is 31.6 Å². The maximum absolute atomic E-state index is 12.9. The first-order valence-corrected chi connectivity index (χ1v) is 11.1. The van der Waals surface area contributed by atoms with Crippen molar-refractivity contribution in [3.63, 3.8) is 0 Å². The number of likely N-dealkylation sites (tertiary alicyclic amines) is 1. The van der Waals surface area contributed by atoms with Crippen molar-refractivity contribution >= 4 is 33.1 Å². The topological polar surface area (TPSA) is 36.4 Å². The summed E-state index contributed by atoms with van der Waals surface area (Å²) in [5.41, 5.74) is 3.72. The van der Waals surface area contributed by atoms with Gasteiger partial charge in [0.2, 0.25) is 5.91 Å². The van der Waals surface area contributed by atoms with Gasteiger partial charge >= 0.3 is 0 Å². The average molecular weight is 392 g/mol. The van der Waals surface area contributed by atoms with Crippen LogP contribution in [0.3, 0.4) is 0 Å². The normalized spacial score (nSPS) is 17.7. The first-order valence-electron chi connectivity index (χ1n) is 10.2. The van der Waals surface area contributed by atoms with Gasteiger partial charge in [0.15, 0.2) is 0 Å². The maximum atomic E-state index is 12.9. The van der Waals surface area contributed by atoms with Crippen LogP contribution in [0.25, 0.3) is 10.2 Å². The van der Waals surface area contributed by atoms with Gasteiger partial charge in [-0.15, -0.1) is 11.3 Å². The van der Waals surface area contributed by atoms with Gasteiger partial charge in [-0.3, -0.25) is 4.79 Å². The van der Waals surface area contributed by atoms with E-state index in [1.165, 1.54) is 21.0 Å². The summed E-state index contributed by atoms with van der Waals surface area (Å²) in [5.74, 6) is 0.747. The Morgan fingerprint density at radius 1 is 1.04 bits per heavy atom. The van der Waals surface area contributed by atoms with Crippen LogP contribution in [0.15, 0.2) is 48.5 Å². The fourth-order valence-electron chi connectivity index (χ4n) is 4.48. The number of para-hydroxylation sites is 2. The average Bonchev–Trinajstić information content (AvgIpc) is 3.18. The first kappa shape index (κ1) is 17.7. The van der Waals surface area contributed by atoms with Gasteiger partial charge in [0.05, 0.1) is 21.8 Å². The summed E-state index contributed by atoms with van der Waals surface area (Å²) >= 11 is 1.81. The number of nitrogens with zero attached hydrogens (tertiary/aromatic N) is 3. The molecular formula is C23H25N3OS. The number of anilines is 1. The van der Waals surface area contributed by atoms with E-state index in [2.05, 4.69) is 52.3 Å². The molecule has 0 N–H and O–H groups in total. The highest BCUT2D eigenvalue weighted by Crippen LogP contribution is 2.34. The predicted molar refractivity (Wildman–Crippen MR) is 115 cm³/mol. The molecule has 2 aliphatic rings. The molecular weight excluding hydrogens is 366 g/mol. The molecule has 0 bridgehead atoms. The van der Waals surface area contributed by atoms with Gasteiger partial charge in [0.25, 0.3) is 0 Å². The lowest BCUT2D eigenvalue weighted by Crippen LogP contribution is -2.45. The number of hydrogen-bond donors (Lipinski definition) is 0. The minimum Gasteiger partial charge on any atom is -0.362 e. The quantitative estimate of drug-likeness (QED) is 0.662. The van der Waals surface area contributed by atoms with E-state index in [0.717, 1.165) is 50.8 Å². The number of rotatable bonds is 3. The summed E-state index contributed by atoms with van der Waals surface area (Å²) < 4.78 is 1.26. The molecule has 1 fully saturated rings. The van der Waals surface area contributed by atoms with Crippen LogP contribution in [0.5, 0.6) is 0 Å². The summed E-state index contributed by atoms with van der Waals surface area (Å²) in [5, 5.41) is 1.23. The SMILES string of the molecule is O=C(CN1CCCc2ccccc21)N1CCC(c2nc3ccccc3s2)CC1. The number of piperidine rings is 1. The molecule has 0 unspecified atom stereocenters. The van der Waals surface area contributed by atoms with Crippen LogP contribution >= 0.6 is 11.3 Å². The Morgan fingerprint density at radius 2 is 1.82 bits per heavy atom. The van der Waals surface area contributed by atoms with Crippen LogP contribution in [0, 0.1) is 0 Å². The third-order valence-electron chi connectivity index (χ3n) is 6.04. The summed E-state index contributed by atoms with van der Waals surface area (Å²) in [4.78, 5) is 22.1. The predicted octanol–water partition coefficient (Wildman–Crippen LogP) is 4.46. The van der Waals surface area contributed by atoms with Crippen LogP contribution in [0.1, 0.15) is 35.8 Å². The first-order chi connectivity index (χ1) is 13.8. The maximum Gasteiger partial charge on any atom is 0.242 e. The molecule has 0 atom stereocenters. The fourth-order valence-corrected chi connectivity index (χ4v) is 5.62. The number of amides is 1. The molecule has 4 nitrogen and oxygen atoms in total. The lowest BCUT2D eigenvalue weighted by Gasteiger charge is -2.35. The van der Waals surface area contributed by atoms with Gasteiger partial charge in [-0.25, -0.2) is 4.98 Å². The van der Waals surface area contributed by atoms with E-state index in [-0.39, 0.29) is 5.91 Å². The summed E-state index contributed by atoms with van der Waals surface area (Å²) in [7, 11) is 0. The summed E-state index contributed by atoms with van der Waals surface area (Å²) in [6.07, 6.45) is 4.28. The molecule has 144 valence electrons. The van der Waals surface area contributed by atoms with E-state index in [4.69, 9.17) is 4.98 Å². The molecule has 5 heteroatoms. The van der Waals surface area contributed by atoms with E-state index in [1.807, 2.05) is 17.4 Å². The number of aryl methyl sites for hydroxylation is 1. The summed E-state index contributed by atoms with van der Waals surface area (Å²) in [6, 6.07) is 16.9. The molecule has 0 radical (unpaired) electrons. The van der Waals surface area contributed by atoms with E-state index >= 15 is 0 Å². The molecule has 1 saturated heterocycles. The lowest BCUT2D eigenvalue weighted by molar-refractivity contribution is -0.130. The van der Waals surface area contributed by atoms with E-state index in [0.29, 0.717) is 12.5 Å². The Morgan fingerprint density at radius 3 is 2.68 bits per heavy atom. The Hall–Kier alpha value is -2.40. The number of fused-ring (bicyclic) bond motifs is 2. The van der Waals surface area contributed by atoms with Gasteiger partial charge in [0, 0.05) is 31.2 Å². The Bertz CT molecular complexity index is 957. The van der Waals surface area contributed by atoms with Crippen molar-refractivity contribution in [1.29, 1.82) is 0 Å². The van der Waals surface area contributed by atoms with Crippen molar-refractivity contribution < 1.29 is 4.79 Å².